The van der Waals surface area contributed by atoms with Gasteiger partial charge in [-0.1, -0.05) is 106 Å². The molecule has 0 amide bonds. The molecule has 254 valence electrons. The maximum Gasteiger partial charge on any atom is 0.189 e. The van der Waals surface area contributed by atoms with Gasteiger partial charge in [-0.2, -0.15) is 0 Å². The maximum atomic E-state index is 6.55. The van der Waals surface area contributed by atoms with Crippen LogP contribution in [0.25, 0.3) is 0 Å². The van der Waals surface area contributed by atoms with E-state index in [0.29, 0.717) is 13.2 Å². The molecule has 3 aromatic rings. The highest BCUT2D eigenvalue weighted by Gasteiger charge is 2.33. The Morgan fingerprint density at radius 1 is 0.630 bits per heavy atom. The van der Waals surface area contributed by atoms with Crippen molar-refractivity contribution in [1.82, 2.24) is 0 Å². The molecule has 0 radical (unpaired) electrons. The number of ether oxygens (including phenoxy) is 2. The van der Waals surface area contributed by atoms with Gasteiger partial charge in [-0.15, -0.1) is 23.5 Å². The molecule has 3 aromatic carbocycles. The number of rotatable bonds is 12. The largest absolute Gasteiger partial charge is 0.467 e. The molecule has 0 aliphatic rings. The third-order valence-corrected chi connectivity index (χ3v) is 10.9. The van der Waals surface area contributed by atoms with Crippen LogP contribution < -0.4 is 10.5 Å². The molecule has 0 heterocycles. The average molecular weight is 664 g/mol. The van der Waals surface area contributed by atoms with Gasteiger partial charge >= 0.3 is 0 Å². The lowest BCUT2D eigenvalue weighted by Gasteiger charge is -2.34. The second-order valence-electron chi connectivity index (χ2n) is 16.9. The van der Waals surface area contributed by atoms with Crippen molar-refractivity contribution < 1.29 is 9.47 Å². The molecule has 0 saturated carbocycles. The van der Waals surface area contributed by atoms with E-state index in [9.17, 15) is 0 Å². The van der Waals surface area contributed by atoms with E-state index in [0.717, 1.165) is 17.7 Å². The van der Waals surface area contributed by atoms with E-state index in [1.165, 1.54) is 37.6 Å². The van der Waals surface area contributed by atoms with Crippen molar-refractivity contribution in [3.05, 3.63) is 88.0 Å². The first kappa shape index (κ1) is 38.5. The Morgan fingerprint density at radius 2 is 1.09 bits per heavy atom. The normalized spacial score (nSPS) is 13.3. The Labute approximate surface area is 290 Å². The Morgan fingerprint density at radius 3 is 1.54 bits per heavy atom. The zero-order valence-corrected chi connectivity index (χ0v) is 32.9. The van der Waals surface area contributed by atoms with Crippen molar-refractivity contribution in [3.8, 4) is 5.75 Å². The first-order valence-corrected chi connectivity index (χ1v) is 18.4. The van der Waals surface area contributed by atoms with Crippen molar-refractivity contribution in [2.75, 3.05) is 13.3 Å². The van der Waals surface area contributed by atoms with Crippen LogP contribution in [0.2, 0.25) is 0 Å². The van der Waals surface area contributed by atoms with Gasteiger partial charge in [-0.25, -0.2) is 0 Å². The SMILES string of the molecule is Cc1c(C(C)(C)C)cc(SC(C)(C)Sc2cc(C(C)(C)C)c(OCOCc3ccccc3)c(C(C)(C)CCN)c2)cc1C(C)(C)C. The van der Waals surface area contributed by atoms with Gasteiger partial charge in [0.1, 0.15) is 5.75 Å². The number of hydrogen-bond acceptors (Lipinski definition) is 5. The van der Waals surface area contributed by atoms with Crippen molar-refractivity contribution in [2.24, 2.45) is 5.73 Å². The summed E-state index contributed by atoms with van der Waals surface area (Å²) in [6, 6.07) is 19.8. The third kappa shape index (κ3) is 10.3. The quantitative estimate of drug-likeness (QED) is 0.119. The van der Waals surface area contributed by atoms with Gasteiger partial charge in [0.25, 0.3) is 0 Å². The van der Waals surface area contributed by atoms with Gasteiger partial charge in [-0.3, -0.25) is 0 Å². The van der Waals surface area contributed by atoms with E-state index in [1.807, 2.05) is 41.7 Å². The second-order valence-corrected chi connectivity index (χ2v) is 20.5. The van der Waals surface area contributed by atoms with E-state index >= 15 is 0 Å². The van der Waals surface area contributed by atoms with Crippen LogP contribution in [0.3, 0.4) is 0 Å². The predicted molar refractivity (Wildman–Crippen MR) is 203 cm³/mol. The summed E-state index contributed by atoms with van der Waals surface area (Å²) in [6.07, 6.45) is 0.860. The zero-order valence-electron chi connectivity index (χ0n) is 31.2. The third-order valence-electron chi connectivity index (χ3n) is 8.49. The number of benzene rings is 3. The Bertz CT molecular complexity index is 1420. The molecule has 0 aromatic heterocycles. The highest BCUT2D eigenvalue weighted by molar-refractivity contribution is 8.18. The Hall–Kier alpha value is -1.92. The van der Waals surface area contributed by atoms with Crippen molar-refractivity contribution in [1.29, 1.82) is 0 Å². The van der Waals surface area contributed by atoms with Crippen LogP contribution in [0.5, 0.6) is 5.75 Å². The lowest BCUT2D eigenvalue weighted by molar-refractivity contribution is 0.00304. The number of hydrogen-bond donors (Lipinski definition) is 1. The predicted octanol–water partition coefficient (Wildman–Crippen LogP) is 11.7. The minimum absolute atomic E-state index is 0.0731. The van der Waals surface area contributed by atoms with Gasteiger partial charge in [0.15, 0.2) is 6.79 Å². The summed E-state index contributed by atoms with van der Waals surface area (Å²) in [7, 11) is 0. The standard InChI is InChI=1S/C41H61NO2S2/c1-28-32(37(2,3)4)22-30(23-33(28)38(5,6)7)45-41(13,14)46-31-24-34(39(8,9)10)36(35(25-31)40(11,12)20-21-42)44-27-43-26-29-18-16-15-17-19-29/h15-19,22-25H,20-21,26-27,42H2,1-14H3. The smallest absolute Gasteiger partial charge is 0.189 e. The van der Waals surface area contributed by atoms with Crippen LogP contribution in [0.4, 0.5) is 0 Å². The van der Waals surface area contributed by atoms with E-state index in [4.69, 9.17) is 15.2 Å². The van der Waals surface area contributed by atoms with Gasteiger partial charge in [-0.05, 0) is 102 Å². The van der Waals surface area contributed by atoms with Crippen LogP contribution in [-0.4, -0.2) is 17.4 Å². The van der Waals surface area contributed by atoms with Crippen LogP contribution in [-0.2, 0) is 33.0 Å². The van der Waals surface area contributed by atoms with E-state index < -0.39 is 0 Å². The second kappa shape index (κ2) is 14.7. The molecule has 0 spiro atoms. The molecular weight excluding hydrogens is 603 g/mol. The lowest BCUT2D eigenvalue weighted by atomic mass is 9.77. The maximum absolute atomic E-state index is 6.55. The summed E-state index contributed by atoms with van der Waals surface area (Å²) in [4.78, 5) is 2.58. The minimum atomic E-state index is -0.169. The Kier molecular flexibility index (Phi) is 12.3. The summed E-state index contributed by atoms with van der Waals surface area (Å²) in [5.74, 6) is 0.928. The molecule has 0 saturated heterocycles. The molecule has 2 N–H and O–H groups in total. The molecule has 0 aliphatic heterocycles. The molecule has 3 nitrogen and oxygen atoms in total. The van der Waals surface area contributed by atoms with Gasteiger partial charge in [0, 0.05) is 20.9 Å². The van der Waals surface area contributed by atoms with Crippen molar-refractivity contribution in [2.45, 2.75) is 145 Å². The van der Waals surface area contributed by atoms with Crippen LogP contribution >= 0.6 is 23.5 Å². The van der Waals surface area contributed by atoms with Crippen LogP contribution in [0.15, 0.2) is 64.4 Å². The van der Waals surface area contributed by atoms with Crippen molar-refractivity contribution in [3.63, 3.8) is 0 Å². The first-order valence-electron chi connectivity index (χ1n) is 16.7. The van der Waals surface area contributed by atoms with E-state index in [2.05, 4.69) is 133 Å². The minimum Gasteiger partial charge on any atom is -0.467 e. The number of thioether (sulfide) groups is 2. The summed E-state index contributed by atoms with van der Waals surface area (Å²) in [5.41, 5.74) is 13.8. The molecule has 0 aliphatic carbocycles. The van der Waals surface area contributed by atoms with E-state index in [-0.39, 0.29) is 32.5 Å². The fourth-order valence-electron chi connectivity index (χ4n) is 6.10. The van der Waals surface area contributed by atoms with Crippen LogP contribution in [0.1, 0.15) is 130 Å². The molecular formula is C41H61NO2S2. The molecule has 0 bridgehead atoms. The summed E-state index contributed by atoms with van der Waals surface area (Å²) >= 11 is 3.89. The highest BCUT2D eigenvalue weighted by Crippen LogP contribution is 2.50. The average Bonchev–Trinajstić information content (AvgIpc) is 2.90. The summed E-state index contributed by atoms with van der Waals surface area (Å²) in [5, 5.41) is 0. The molecule has 0 fully saturated rings. The zero-order chi connectivity index (χ0) is 34.7. The molecule has 0 atom stereocenters. The first-order chi connectivity index (χ1) is 21.0. The topological polar surface area (TPSA) is 44.5 Å². The number of nitrogens with two attached hydrogens (primary N) is 1. The summed E-state index contributed by atoms with van der Waals surface area (Å²) < 4.78 is 12.4. The fraction of sp³-hybridized carbons (Fsp3) is 0.561. The van der Waals surface area contributed by atoms with Crippen LogP contribution in [0, 0.1) is 6.92 Å². The Balaban J connectivity index is 2.03. The summed E-state index contributed by atoms with van der Waals surface area (Å²) in [6.45, 7) is 33.6. The van der Waals surface area contributed by atoms with Gasteiger partial charge in [0.05, 0.1) is 10.7 Å². The molecule has 0 unspecified atom stereocenters. The van der Waals surface area contributed by atoms with Gasteiger partial charge in [0.2, 0.25) is 0 Å². The van der Waals surface area contributed by atoms with Gasteiger partial charge < -0.3 is 15.2 Å². The monoisotopic (exact) mass is 663 g/mol. The molecule has 46 heavy (non-hydrogen) atoms. The highest BCUT2D eigenvalue weighted by atomic mass is 32.2. The van der Waals surface area contributed by atoms with Crippen molar-refractivity contribution >= 4 is 23.5 Å². The fourth-order valence-corrected chi connectivity index (χ4v) is 8.69. The molecule has 5 heteroatoms. The molecule has 3 rings (SSSR count). The lowest BCUT2D eigenvalue weighted by Crippen LogP contribution is -2.25. The van der Waals surface area contributed by atoms with E-state index in [1.54, 1.807) is 0 Å².